The lowest BCUT2D eigenvalue weighted by atomic mass is 10.2. The summed E-state index contributed by atoms with van der Waals surface area (Å²) in [4.78, 5) is 22.4. The van der Waals surface area contributed by atoms with Gasteiger partial charge in [-0.15, -0.1) is 0 Å². The molecule has 0 bridgehead atoms. The molecule has 0 aliphatic carbocycles. The number of primary amides is 1. The van der Waals surface area contributed by atoms with E-state index in [1.165, 1.54) is 11.0 Å². The second-order valence-corrected chi connectivity index (χ2v) is 3.47. The minimum Gasteiger partial charge on any atom is -0.550 e. The summed E-state index contributed by atoms with van der Waals surface area (Å²) in [5.74, 6) is -1.12. The lowest BCUT2D eigenvalue weighted by Crippen LogP contribution is -2.31. The lowest BCUT2D eigenvalue weighted by molar-refractivity contribution is -0.304. The number of urea groups is 1. The molecule has 2 amide bonds. The topological polar surface area (TPSA) is 86.5 Å². The molecule has 17 heavy (non-hydrogen) atoms. The van der Waals surface area contributed by atoms with Crippen LogP contribution in [0, 0.1) is 0 Å². The third-order valence-electron chi connectivity index (χ3n) is 2.21. The van der Waals surface area contributed by atoms with Gasteiger partial charge in [0.15, 0.2) is 0 Å². The number of nitrogens with zero attached hydrogens (tertiary/aromatic N) is 1. The van der Waals surface area contributed by atoms with Crippen molar-refractivity contribution in [3.05, 3.63) is 35.9 Å². The number of benzene rings is 1. The molecule has 0 aliphatic rings. The van der Waals surface area contributed by atoms with Crippen LogP contribution in [0.2, 0.25) is 0 Å². The Labute approximate surface area is 99.1 Å². The first kappa shape index (κ1) is 12.8. The first-order chi connectivity index (χ1) is 8.00. The SMILES string of the molecule is CN(C(N)=O)c1ccc(/C=C/CC(=O)[O-])cc1. The van der Waals surface area contributed by atoms with Crippen LogP contribution in [0.5, 0.6) is 0 Å². The zero-order chi connectivity index (χ0) is 12.8. The van der Waals surface area contributed by atoms with Crippen LogP contribution in [0.4, 0.5) is 10.5 Å². The molecule has 5 nitrogen and oxygen atoms in total. The molecule has 0 heterocycles. The van der Waals surface area contributed by atoms with E-state index in [-0.39, 0.29) is 6.42 Å². The summed E-state index contributed by atoms with van der Waals surface area (Å²) in [5, 5.41) is 10.2. The number of hydrogen-bond acceptors (Lipinski definition) is 3. The van der Waals surface area contributed by atoms with E-state index in [1.54, 1.807) is 37.4 Å². The van der Waals surface area contributed by atoms with Crippen LogP contribution >= 0.6 is 0 Å². The molecular formula is C12H13N2O3-. The molecule has 0 aliphatic heterocycles. The molecule has 1 rings (SSSR count). The molecule has 5 heteroatoms. The van der Waals surface area contributed by atoms with Crippen molar-refractivity contribution in [1.82, 2.24) is 0 Å². The minimum absolute atomic E-state index is 0.122. The number of rotatable bonds is 4. The van der Waals surface area contributed by atoms with Gasteiger partial charge in [-0.1, -0.05) is 24.3 Å². The van der Waals surface area contributed by atoms with Gasteiger partial charge in [-0.05, 0) is 17.7 Å². The van der Waals surface area contributed by atoms with E-state index in [2.05, 4.69) is 0 Å². The Morgan fingerprint density at radius 3 is 2.41 bits per heavy atom. The van der Waals surface area contributed by atoms with Crippen LogP contribution in [0.25, 0.3) is 6.08 Å². The maximum atomic E-state index is 10.9. The van der Waals surface area contributed by atoms with Crippen molar-refractivity contribution in [2.75, 3.05) is 11.9 Å². The fourth-order valence-electron chi connectivity index (χ4n) is 1.23. The number of aliphatic carboxylic acids is 1. The van der Waals surface area contributed by atoms with Gasteiger partial charge in [0, 0.05) is 25.1 Å². The molecule has 2 N–H and O–H groups in total. The van der Waals surface area contributed by atoms with E-state index in [0.29, 0.717) is 5.69 Å². The van der Waals surface area contributed by atoms with Crippen molar-refractivity contribution >= 4 is 23.8 Å². The highest BCUT2D eigenvalue weighted by molar-refractivity contribution is 5.90. The van der Waals surface area contributed by atoms with Crippen LogP contribution < -0.4 is 15.7 Å². The fraction of sp³-hybridized carbons (Fsp3) is 0.167. The summed E-state index contributed by atoms with van der Waals surface area (Å²) in [7, 11) is 1.57. The standard InChI is InChI=1S/C12H14N2O3/c1-14(12(13)17)10-7-5-9(6-8-10)3-2-4-11(15)16/h2-3,5-8H,4H2,1H3,(H2,13,17)(H,15,16)/p-1/b3-2+. The quantitative estimate of drug-likeness (QED) is 0.814. The van der Waals surface area contributed by atoms with Gasteiger partial charge < -0.3 is 15.6 Å². The first-order valence-electron chi connectivity index (χ1n) is 5.00. The molecule has 0 fully saturated rings. The maximum absolute atomic E-state index is 10.9. The molecular weight excluding hydrogens is 220 g/mol. The number of carbonyl (C=O) groups is 2. The molecule has 0 saturated heterocycles. The third-order valence-corrected chi connectivity index (χ3v) is 2.21. The van der Waals surface area contributed by atoms with Gasteiger partial charge in [0.2, 0.25) is 0 Å². The van der Waals surface area contributed by atoms with Crippen LogP contribution in [0.1, 0.15) is 12.0 Å². The van der Waals surface area contributed by atoms with Crippen molar-refractivity contribution in [3.8, 4) is 0 Å². The van der Waals surface area contributed by atoms with Crippen LogP contribution in [-0.2, 0) is 4.79 Å². The molecule has 90 valence electrons. The van der Waals surface area contributed by atoms with Crippen molar-refractivity contribution in [3.63, 3.8) is 0 Å². The highest BCUT2D eigenvalue weighted by Gasteiger charge is 2.04. The van der Waals surface area contributed by atoms with Gasteiger partial charge in [0.05, 0.1) is 0 Å². The third kappa shape index (κ3) is 3.98. The smallest absolute Gasteiger partial charge is 0.318 e. The normalized spacial score (nSPS) is 10.4. The molecule has 0 unspecified atom stereocenters. The van der Waals surface area contributed by atoms with E-state index in [4.69, 9.17) is 5.73 Å². The van der Waals surface area contributed by atoms with Crippen molar-refractivity contribution in [1.29, 1.82) is 0 Å². The molecule has 1 aromatic carbocycles. The van der Waals surface area contributed by atoms with Gasteiger partial charge in [0.25, 0.3) is 0 Å². The largest absolute Gasteiger partial charge is 0.550 e. The molecule has 0 saturated carbocycles. The summed E-state index contributed by atoms with van der Waals surface area (Å²) in [6.45, 7) is 0. The summed E-state index contributed by atoms with van der Waals surface area (Å²) >= 11 is 0. The molecule has 0 aromatic heterocycles. The summed E-state index contributed by atoms with van der Waals surface area (Å²) in [6.07, 6.45) is 3.05. The van der Waals surface area contributed by atoms with Crippen LogP contribution in [-0.4, -0.2) is 19.0 Å². The second-order valence-electron chi connectivity index (χ2n) is 3.47. The molecule has 0 atom stereocenters. The van der Waals surface area contributed by atoms with Gasteiger partial charge in [0.1, 0.15) is 0 Å². The summed E-state index contributed by atoms with van der Waals surface area (Å²) in [6, 6.07) is 6.44. The minimum atomic E-state index is -1.12. The van der Waals surface area contributed by atoms with E-state index >= 15 is 0 Å². The number of carboxylic acid groups (broad SMARTS) is 1. The Bertz CT molecular complexity index is 438. The Morgan fingerprint density at radius 2 is 1.94 bits per heavy atom. The van der Waals surface area contributed by atoms with E-state index in [9.17, 15) is 14.7 Å². The van der Waals surface area contributed by atoms with Crippen molar-refractivity contribution < 1.29 is 14.7 Å². The van der Waals surface area contributed by atoms with Crippen molar-refractivity contribution in [2.24, 2.45) is 5.73 Å². The number of anilines is 1. The highest BCUT2D eigenvalue weighted by atomic mass is 16.4. The molecule has 0 radical (unpaired) electrons. The average Bonchev–Trinajstić information content (AvgIpc) is 2.28. The zero-order valence-corrected chi connectivity index (χ0v) is 9.42. The van der Waals surface area contributed by atoms with Crippen molar-refractivity contribution in [2.45, 2.75) is 6.42 Å². The zero-order valence-electron chi connectivity index (χ0n) is 9.42. The van der Waals surface area contributed by atoms with Gasteiger partial charge in [-0.25, -0.2) is 4.79 Å². The second kappa shape index (κ2) is 5.69. The highest BCUT2D eigenvalue weighted by Crippen LogP contribution is 2.14. The van der Waals surface area contributed by atoms with E-state index < -0.39 is 12.0 Å². The predicted molar refractivity (Wildman–Crippen MR) is 63.1 cm³/mol. The molecule has 0 spiro atoms. The number of nitrogens with two attached hydrogens (primary N) is 1. The maximum Gasteiger partial charge on any atom is 0.318 e. The molecule has 1 aromatic rings. The first-order valence-corrected chi connectivity index (χ1v) is 5.00. The Morgan fingerprint density at radius 1 is 1.35 bits per heavy atom. The summed E-state index contributed by atoms with van der Waals surface area (Å²) < 4.78 is 0. The Balaban J connectivity index is 2.71. The van der Waals surface area contributed by atoms with Crippen LogP contribution in [0.3, 0.4) is 0 Å². The number of hydrogen-bond donors (Lipinski definition) is 1. The lowest BCUT2D eigenvalue weighted by Gasteiger charge is -2.13. The number of carbonyl (C=O) groups excluding carboxylic acids is 2. The van der Waals surface area contributed by atoms with Gasteiger partial charge >= 0.3 is 6.03 Å². The average molecular weight is 233 g/mol. The monoisotopic (exact) mass is 233 g/mol. The number of amides is 2. The van der Waals surface area contributed by atoms with Gasteiger partial charge in [-0.2, -0.15) is 0 Å². The number of carboxylic acids is 1. The Hall–Kier alpha value is -2.30. The van der Waals surface area contributed by atoms with Crippen LogP contribution in [0.15, 0.2) is 30.3 Å². The fourth-order valence-corrected chi connectivity index (χ4v) is 1.23. The summed E-state index contributed by atoms with van der Waals surface area (Å²) in [5.41, 5.74) is 6.64. The van der Waals surface area contributed by atoms with E-state index in [0.717, 1.165) is 5.56 Å². The predicted octanol–water partition coefficient (Wildman–Crippen LogP) is 0.355. The Kier molecular flexibility index (Phi) is 4.28. The van der Waals surface area contributed by atoms with Gasteiger partial charge in [-0.3, -0.25) is 4.90 Å². The van der Waals surface area contributed by atoms with E-state index in [1.807, 2.05) is 0 Å².